The van der Waals surface area contributed by atoms with Gasteiger partial charge >= 0.3 is 11.9 Å². The molecule has 3 atom stereocenters. The van der Waals surface area contributed by atoms with Crippen LogP contribution in [-0.4, -0.2) is 41.6 Å². The maximum atomic E-state index is 12.4. The Morgan fingerprint density at radius 2 is 1.69 bits per heavy atom. The lowest BCUT2D eigenvalue weighted by molar-refractivity contribution is -0.152. The summed E-state index contributed by atoms with van der Waals surface area (Å²) in [5, 5.41) is 10.4. The molecule has 0 amide bonds. The van der Waals surface area contributed by atoms with E-state index in [0.717, 1.165) is 0 Å². The zero-order chi connectivity index (χ0) is 20.0. The monoisotopic (exact) mass is 364 g/mol. The number of carbonyl (C=O) groups excluding carboxylic acids is 3. The zero-order valence-electron chi connectivity index (χ0n) is 16.2. The summed E-state index contributed by atoms with van der Waals surface area (Å²) < 4.78 is 10.6. The van der Waals surface area contributed by atoms with Crippen LogP contribution in [0.4, 0.5) is 0 Å². The number of hydrogen-bond acceptors (Lipinski definition) is 6. The minimum absolute atomic E-state index is 0.0942. The fraction of sp³-hybridized carbons (Fsp3) is 0.550. The molecule has 0 aromatic carbocycles. The van der Waals surface area contributed by atoms with Crippen LogP contribution < -0.4 is 0 Å². The third kappa shape index (κ3) is 5.14. The standard InChI is InChI=1S/C20H28O6/c1-7-12(5)19(23)25-10-14-9-15(26-20(24)13(6)8-2)16(11(3)4)18(22)17(14)21/h7-9,11,15-16,18,22H,10H2,1-6H3/b12-7+,13-8+/t15-,16-,18+/m0/s1. The van der Waals surface area contributed by atoms with Crippen LogP contribution in [0.2, 0.25) is 0 Å². The number of ether oxygens (including phenoxy) is 2. The second-order valence-corrected chi connectivity index (χ2v) is 6.71. The molecule has 0 fully saturated rings. The van der Waals surface area contributed by atoms with Gasteiger partial charge in [-0.05, 0) is 39.7 Å². The molecule has 0 radical (unpaired) electrons. The highest BCUT2D eigenvalue weighted by Crippen LogP contribution is 2.31. The highest BCUT2D eigenvalue weighted by molar-refractivity contribution is 6.01. The van der Waals surface area contributed by atoms with Crippen LogP contribution in [0, 0.1) is 11.8 Å². The summed E-state index contributed by atoms with van der Waals surface area (Å²) in [6, 6.07) is 0. The van der Waals surface area contributed by atoms with Gasteiger partial charge in [0.15, 0.2) is 5.78 Å². The quantitative estimate of drug-likeness (QED) is 0.575. The molecule has 6 heteroatoms. The second kappa shape index (κ2) is 9.48. The van der Waals surface area contributed by atoms with Gasteiger partial charge in [-0.25, -0.2) is 9.59 Å². The van der Waals surface area contributed by atoms with Gasteiger partial charge in [0.25, 0.3) is 0 Å². The Kier molecular flexibility index (Phi) is 7.96. The summed E-state index contributed by atoms with van der Waals surface area (Å²) in [5.41, 5.74) is 0.979. The van der Waals surface area contributed by atoms with Crippen molar-refractivity contribution < 1.29 is 29.0 Å². The first kappa shape index (κ1) is 21.8. The van der Waals surface area contributed by atoms with E-state index in [0.29, 0.717) is 11.1 Å². The average Bonchev–Trinajstić information content (AvgIpc) is 2.61. The highest BCUT2D eigenvalue weighted by Gasteiger charge is 2.42. The number of ketones is 1. The van der Waals surface area contributed by atoms with E-state index in [1.807, 2.05) is 13.8 Å². The predicted octanol–water partition coefficient (Wildman–Crippen LogP) is 2.52. The molecule has 0 bridgehead atoms. The Bertz CT molecular complexity index is 653. The summed E-state index contributed by atoms with van der Waals surface area (Å²) in [6.45, 7) is 10.1. The maximum Gasteiger partial charge on any atom is 0.333 e. The van der Waals surface area contributed by atoms with Gasteiger partial charge in [-0.1, -0.05) is 26.0 Å². The van der Waals surface area contributed by atoms with Gasteiger partial charge in [0, 0.05) is 22.6 Å². The van der Waals surface area contributed by atoms with E-state index in [-0.39, 0.29) is 18.1 Å². The zero-order valence-corrected chi connectivity index (χ0v) is 16.2. The molecule has 0 saturated carbocycles. The number of allylic oxidation sites excluding steroid dienone is 2. The van der Waals surface area contributed by atoms with Crippen molar-refractivity contribution in [3.05, 3.63) is 34.9 Å². The molecule has 0 aromatic rings. The van der Waals surface area contributed by atoms with Gasteiger partial charge in [-0.15, -0.1) is 0 Å². The van der Waals surface area contributed by atoms with Crippen molar-refractivity contribution in [2.75, 3.05) is 6.61 Å². The van der Waals surface area contributed by atoms with Crippen molar-refractivity contribution in [1.29, 1.82) is 0 Å². The SMILES string of the molecule is C/C=C(\C)C(=O)OCC1=C[C@H](OC(=O)/C(C)=C/C)[C@H](C(C)C)[C@@H](O)C1=O. The minimum atomic E-state index is -1.32. The molecule has 1 rings (SSSR count). The average molecular weight is 364 g/mol. The van der Waals surface area contributed by atoms with Gasteiger partial charge < -0.3 is 14.6 Å². The number of esters is 2. The van der Waals surface area contributed by atoms with Crippen molar-refractivity contribution in [2.45, 2.75) is 53.8 Å². The van der Waals surface area contributed by atoms with E-state index < -0.39 is 35.8 Å². The molecule has 1 N–H and O–H groups in total. The van der Waals surface area contributed by atoms with E-state index in [1.54, 1.807) is 39.8 Å². The number of aliphatic hydroxyl groups is 1. The third-order valence-corrected chi connectivity index (χ3v) is 4.58. The van der Waals surface area contributed by atoms with E-state index in [4.69, 9.17) is 9.47 Å². The van der Waals surface area contributed by atoms with Gasteiger partial charge in [0.05, 0.1) is 0 Å². The molecule has 144 valence electrons. The van der Waals surface area contributed by atoms with Gasteiger partial charge in [-0.3, -0.25) is 4.79 Å². The van der Waals surface area contributed by atoms with Crippen molar-refractivity contribution in [2.24, 2.45) is 11.8 Å². The second-order valence-electron chi connectivity index (χ2n) is 6.71. The number of aliphatic hydroxyl groups excluding tert-OH is 1. The molecule has 1 aliphatic carbocycles. The fourth-order valence-corrected chi connectivity index (χ4v) is 2.62. The maximum absolute atomic E-state index is 12.4. The van der Waals surface area contributed by atoms with E-state index in [1.165, 1.54) is 6.08 Å². The normalized spacial score (nSPS) is 24.4. The van der Waals surface area contributed by atoms with Gasteiger partial charge in [0.1, 0.15) is 18.8 Å². The molecule has 0 aromatic heterocycles. The number of Topliss-reactive ketones (excluding diaryl/α,β-unsaturated/α-hetero) is 1. The minimum Gasteiger partial charge on any atom is -0.457 e. The summed E-state index contributed by atoms with van der Waals surface area (Å²) >= 11 is 0. The Morgan fingerprint density at radius 1 is 1.15 bits per heavy atom. The van der Waals surface area contributed by atoms with Gasteiger partial charge in [0.2, 0.25) is 0 Å². The van der Waals surface area contributed by atoms with Crippen LogP contribution in [0.15, 0.2) is 34.9 Å². The predicted molar refractivity (Wildman–Crippen MR) is 97.1 cm³/mol. The topological polar surface area (TPSA) is 89.9 Å². The van der Waals surface area contributed by atoms with Crippen molar-refractivity contribution >= 4 is 17.7 Å². The number of rotatable bonds is 6. The van der Waals surface area contributed by atoms with Crippen LogP contribution >= 0.6 is 0 Å². The first-order chi connectivity index (χ1) is 12.1. The van der Waals surface area contributed by atoms with Crippen LogP contribution in [0.1, 0.15) is 41.5 Å². The first-order valence-electron chi connectivity index (χ1n) is 8.70. The lowest BCUT2D eigenvalue weighted by Gasteiger charge is -2.35. The first-order valence-corrected chi connectivity index (χ1v) is 8.70. The van der Waals surface area contributed by atoms with Crippen LogP contribution in [0.5, 0.6) is 0 Å². The van der Waals surface area contributed by atoms with Crippen LogP contribution in [0.25, 0.3) is 0 Å². The lowest BCUT2D eigenvalue weighted by Crippen LogP contribution is -2.46. The summed E-state index contributed by atoms with van der Waals surface area (Å²) in [5.74, 6) is -2.22. The van der Waals surface area contributed by atoms with E-state index >= 15 is 0 Å². The Balaban J connectivity index is 3.08. The highest BCUT2D eigenvalue weighted by atomic mass is 16.5. The lowest BCUT2D eigenvalue weighted by atomic mass is 9.77. The fourth-order valence-electron chi connectivity index (χ4n) is 2.62. The van der Waals surface area contributed by atoms with Crippen LogP contribution in [-0.2, 0) is 23.9 Å². The molecule has 0 aliphatic heterocycles. The van der Waals surface area contributed by atoms with E-state index in [9.17, 15) is 19.5 Å². The molecular formula is C20H28O6. The van der Waals surface area contributed by atoms with Crippen molar-refractivity contribution in [3.8, 4) is 0 Å². The Morgan fingerprint density at radius 3 is 2.19 bits per heavy atom. The van der Waals surface area contributed by atoms with E-state index in [2.05, 4.69) is 0 Å². The Labute approximate surface area is 154 Å². The molecule has 26 heavy (non-hydrogen) atoms. The van der Waals surface area contributed by atoms with Crippen LogP contribution in [0.3, 0.4) is 0 Å². The van der Waals surface area contributed by atoms with Crippen molar-refractivity contribution in [3.63, 3.8) is 0 Å². The van der Waals surface area contributed by atoms with Gasteiger partial charge in [-0.2, -0.15) is 0 Å². The molecule has 0 unspecified atom stereocenters. The smallest absolute Gasteiger partial charge is 0.333 e. The molecule has 6 nitrogen and oxygen atoms in total. The molecule has 0 heterocycles. The molecule has 1 aliphatic rings. The molecular weight excluding hydrogens is 336 g/mol. The number of hydrogen-bond donors (Lipinski definition) is 1. The molecule has 0 saturated heterocycles. The summed E-state index contributed by atoms with van der Waals surface area (Å²) in [4.78, 5) is 36.3. The largest absolute Gasteiger partial charge is 0.457 e. The number of carbonyl (C=O) groups is 3. The van der Waals surface area contributed by atoms with Crippen molar-refractivity contribution in [1.82, 2.24) is 0 Å². The summed E-state index contributed by atoms with van der Waals surface area (Å²) in [6.07, 6.45) is 2.62. The molecule has 0 spiro atoms. The summed E-state index contributed by atoms with van der Waals surface area (Å²) in [7, 11) is 0. The third-order valence-electron chi connectivity index (χ3n) is 4.58. The Hall–Kier alpha value is -2.21.